The zero-order valence-electron chi connectivity index (χ0n) is 14.0. The molecule has 0 unspecified atom stereocenters. The van der Waals surface area contributed by atoms with Crippen LogP contribution in [0, 0.1) is 0 Å². The van der Waals surface area contributed by atoms with Gasteiger partial charge in [0.15, 0.2) is 0 Å². The smallest absolute Gasteiger partial charge is 0.311 e. The van der Waals surface area contributed by atoms with Gasteiger partial charge in [-0.1, -0.05) is 25.7 Å². The summed E-state index contributed by atoms with van der Waals surface area (Å²) in [4.78, 5) is 45.0. The number of hydrogen-bond acceptors (Lipinski definition) is 4. The highest BCUT2D eigenvalue weighted by Gasteiger charge is 2.18. The molecule has 0 spiro atoms. The van der Waals surface area contributed by atoms with Crippen LogP contribution in [0.2, 0.25) is 0 Å². The van der Waals surface area contributed by atoms with Gasteiger partial charge in [-0.15, -0.1) is 0 Å². The fourth-order valence-corrected chi connectivity index (χ4v) is 2.34. The number of aliphatic carboxylic acids is 2. The molecule has 0 heterocycles. The first kappa shape index (κ1) is 21.9. The average molecular weight is 344 g/mol. The van der Waals surface area contributed by atoms with E-state index in [-0.39, 0.29) is 12.8 Å². The zero-order chi connectivity index (χ0) is 18.4. The minimum Gasteiger partial charge on any atom is -0.481 e. The van der Waals surface area contributed by atoms with E-state index in [0.717, 1.165) is 25.7 Å². The molecule has 0 fully saturated rings. The summed E-state index contributed by atoms with van der Waals surface area (Å²) in [5.41, 5.74) is 5.05. The molecule has 4 N–H and O–H groups in total. The van der Waals surface area contributed by atoms with Gasteiger partial charge in [0.25, 0.3) is 0 Å². The predicted molar refractivity (Wildman–Crippen MR) is 87.2 cm³/mol. The van der Waals surface area contributed by atoms with Crippen molar-refractivity contribution in [2.24, 2.45) is 5.73 Å². The van der Waals surface area contributed by atoms with E-state index < -0.39 is 23.8 Å². The largest absolute Gasteiger partial charge is 0.481 e. The van der Waals surface area contributed by atoms with Gasteiger partial charge in [0.2, 0.25) is 0 Å². The maximum atomic E-state index is 11.8. The van der Waals surface area contributed by atoms with E-state index in [9.17, 15) is 19.2 Å². The molecule has 0 aliphatic rings. The summed E-state index contributed by atoms with van der Waals surface area (Å²) in [5.74, 6) is -3.32. The standard InChI is InChI=1S/C16H28N2O6/c17-15(23)16(24)18(11-7-3-1-5-9-13(19)20)12-8-4-2-6-10-14(21)22/h1-12H2,(H2,17,23)(H,19,20)(H,21,22). The molecule has 8 nitrogen and oxygen atoms in total. The Morgan fingerprint density at radius 1 is 0.667 bits per heavy atom. The molecular weight excluding hydrogens is 316 g/mol. The van der Waals surface area contributed by atoms with Crippen molar-refractivity contribution >= 4 is 23.8 Å². The molecule has 0 radical (unpaired) electrons. The lowest BCUT2D eigenvalue weighted by Crippen LogP contribution is -2.41. The molecule has 0 saturated heterocycles. The highest BCUT2D eigenvalue weighted by atomic mass is 16.4. The fourth-order valence-electron chi connectivity index (χ4n) is 2.34. The van der Waals surface area contributed by atoms with Crippen LogP contribution in [0.25, 0.3) is 0 Å². The van der Waals surface area contributed by atoms with Crippen LogP contribution in [-0.2, 0) is 19.2 Å². The van der Waals surface area contributed by atoms with E-state index in [1.807, 2.05) is 0 Å². The lowest BCUT2D eigenvalue weighted by atomic mass is 10.1. The number of carboxylic acids is 2. The Bertz CT molecular complexity index is 399. The van der Waals surface area contributed by atoms with Gasteiger partial charge >= 0.3 is 23.8 Å². The van der Waals surface area contributed by atoms with Gasteiger partial charge in [0.05, 0.1) is 0 Å². The first-order chi connectivity index (χ1) is 11.3. The van der Waals surface area contributed by atoms with Gasteiger partial charge in [-0.25, -0.2) is 0 Å². The molecule has 2 amide bonds. The Morgan fingerprint density at radius 3 is 1.38 bits per heavy atom. The summed E-state index contributed by atoms with van der Waals surface area (Å²) in [6.45, 7) is 0.841. The monoisotopic (exact) mass is 344 g/mol. The molecule has 24 heavy (non-hydrogen) atoms. The third-order valence-corrected chi connectivity index (χ3v) is 3.64. The van der Waals surface area contributed by atoms with Crippen LogP contribution in [0.3, 0.4) is 0 Å². The third-order valence-electron chi connectivity index (χ3n) is 3.64. The number of nitrogens with two attached hydrogens (primary N) is 1. The molecule has 0 aromatic rings. The molecule has 8 heteroatoms. The van der Waals surface area contributed by atoms with Crippen molar-refractivity contribution < 1.29 is 29.4 Å². The molecule has 0 bridgehead atoms. The van der Waals surface area contributed by atoms with Crippen LogP contribution in [0.5, 0.6) is 0 Å². The van der Waals surface area contributed by atoms with Crippen molar-refractivity contribution in [3.05, 3.63) is 0 Å². The lowest BCUT2D eigenvalue weighted by molar-refractivity contribution is -0.144. The van der Waals surface area contributed by atoms with Crippen LogP contribution in [-0.4, -0.2) is 52.0 Å². The lowest BCUT2D eigenvalue weighted by Gasteiger charge is -2.21. The minimum absolute atomic E-state index is 0.139. The molecule has 0 saturated carbocycles. The van der Waals surface area contributed by atoms with Gasteiger partial charge in [0.1, 0.15) is 0 Å². The van der Waals surface area contributed by atoms with Gasteiger partial charge in [-0.05, 0) is 25.7 Å². The molecule has 0 aromatic heterocycles. The molecule has 0 atom stereocenters. The number of carbonyl (C=O) groups is 4. The first-order valence-electron chi connectivity index (χ1n) is 8.37. The molecule has 0 aromatic carbocycles. The van der Waals surface area contributed by atoms with E-state index in [2.05, 4.69) is 0 Å². The number of nitrogens with zero attached hydrogens (tertiary/aromatic N) is 1. The van der Waals surface area contributed by atoms with Gasteiger partial charge in [-0.2, -0.15) is 0 Å². The van der Waals surface area contributed by atoms with Crippen molar-refractivity contribution in [3.63, 3.8) is 0 Å². The number of rotatable bonds is 14. The Kier molecular flexibility index (Phi) is 12.2. The predicted octanol–water partition coefficient (Wildman–Crippen LogP) is 1.37. The fraction of sp³-hybridized carbons (Fsp3) is 0.750. The maximum Gasteiger partial charge on any atom is 0.311 e. The highest BCUT2D eigenvalue weighted by Crippen LogP contribution is 2.08. The Balaban J connectivity index is 3.98. The normalized spacial score (nSPS) is 10.3. The molecule has 138 valence electrons. The van der Waals surface area contributed by atoms with Crippen molar-refractivity contribution in [3.8, 4) is 0 Å². The summed E-state index contributed by atoms with van der Waals surface area (Å²) in [7, 11) is 0. The van der Waals surface area contributed by atoms with E-state index >= 15 is 0 Å². The van der Waals surface area contributed by atoms with E-state index in [1.165, 1.54) is 4.90 Å². The van der Waals surface area contributed by atoms with Crippen molar-refractivity contribution in [2.75, 3.05) is 13.1 Å². The Hall–Kier alpha value is -2.12. The van der Waals surface area contributed by atoms with Crippen LogP contribution in [0.1, 0.15) is 64.2 Å². The van der Waals surface area contributed by atoms with E-state index in [0.29, 0.717) is 38.8 Å². The van der Waals surface area contributed by atoms with E-state index in [1.54, 1.807) is 0 Å². The van der Waals surface area contributed by atoms with Gasteiger partial charge in [-0.3, -0.25) is 19.2 Å². The SMILES string of the molecule is NC(=O)C(=O)N(CCCCCCC(=O)O)CCCCCCC(=O)O. The molecule has 0 aliphatic heterocycles. The minimum atomic E-state index is -0.980. The van der Waals surface area contributed by atoms with Crippen molar-refractivity contribution in [1.82, 2.24) is 4.90 Å². The number of unbranched alkanes of at least 4 members (excludes halogenated alkanes) is 6. The molecule has 0 rings (SSSR count). The molecule has 0 aliphatic carbocycles. The third kappa shape index (κ3) is 12.4. The van der Waals surface area contributed by atoms with Gasteiger partial charge < -0.3 is 20.8 Å². The van der Waals surface area contributed by atoms with Crippen molar-refractivity contribution in [1.29, 1.82) is 0 Å². The highest BCUT2D eigenvalue weighted by molar-refractivity contribution is 6.34. The average Bonchev–Trinajstić information content (AvgIpc) is 2.50. The van der Waals surface area contributed by atoms with E-state index in [4.69, 9.17) is 15.9 Å². The second-order valence-corrected chi connectivity index (χ2v) is 5.77. The summed E-state index contributed by atoms with van der Waals surface area (Å²) in [6, 6.07) is 0. The summed E-state index contributed by atoms with van der Waals surface area (Å²) in [6.07, 6.45) is 5.96. The quantitative estimate of drug-likeness (QED) is 0.321. The summed E-state index contributed by atoms with van der Waals surface area (Å²) < 4.78 is 0. The first-order valence-corrected chi connectivity index (χ1v) is 8.37. The molecular formula is C16H28N2O6. The second-order valence-electron chi connectivity index (χ2n) is 5.77. The number of carboxylic acid groups (broad SMARTS) is 2. The summed E-state index contributed by atoms with van der Waals surface area (Å²) >= 11 is 0. The number of amides is 2. The van der Waals surface area contributed by atoms with Crippen molar-refractivity contribution in [2.45, 2.75) is 64.2 Å². The van der Waals surface area contributed by atoms with Gasteiger partial charge in [0, 0.05) is 25.9 Å². The van der Waals surface area contributed by atoms with Crippen LogP contribution in [0.15, 0.2) is 0 Å². The zero-order valence-corrected chi connectivity index (χ0v) is 14.0. The Labute approximate surface area is 142 Å². The van der Waals surface area contributed by atoms with Crippen LogP contribution < -0.4 is 5.73 Å². The Morgan fingerprint density at radius 2 is 1.04 bits per heavy atom. The second kappa shape index (κ2) is 13.3. The number of primary amides is 1. The topological polar surface area (TPSA) is 138 Å². The maximum absolute atomic E-state index is 11.8. The number of carbonyl (C=O) groups excluding carboxylic acids is 2. The van der Waals surface area contributed by atoms with Crippen LogP contribution >= 0.6 is 0 Å². The summed E-state index contributed by atoms with van der Waals surface area (Å²) in [5, 5.41) is 17.1. The van der Waals surface area contributed by atoms with Crippen LogP contribution in [0.4, 0.5) is 0 Å². The number of hydrogen-bond donors (Lipinski definition) is 3.